The summed E-state index contributed by atoms with van der Waals surface area (Å²) in [5.41, 5.74) is -3.65. The highest BCUT2D eigenvalue weighted by Gasteiger charge is 2.38. The number of Topliss-reactive ketones (excluding diaryl/α,β-unsaturated/α-hetero) is 1. The number of carbonyl (C=O) groups is 1. The average Bonchev–Trinajstić information content (AvgIpc) is 2.33. The molecule has 0 N–H and O–H groups in total. The van der Waals surface area contributed by atoms with E-state index in [1.807, 2.05) is 20.8 Å². The lowest BCUT2D eigenvalue weighted by atomic mass is 9.82. The molecule has 0 aliphatic rings. The molecular formula is C17H20F6O. The van der Waals surface area contributed by atoms with Crippen molar-refractivity contribution in [3.63, 3.8) is 0 Å². The van der Waals surface area contributed by atoms with Crippen molar-refractivity contribution in [1.29, 1.82) is 0 Å². The molecule has 1 aromatic carbocycles. The third-order valence-corrected chi connectivity index (χ3v) is 3.45. The second-order valence-electron chi connectivity index (χ2n) is 7.25. The summed E-state index contributed by atoms with van der Waals surface area (Å²) in [6.07, 6.45) is -9.36. The van der Waals surface area contributed by atoms with Gasteiger partial charge in [-0.3, -0.25) is 4.79 Å². The second kappa shape index (κ2) is 6.76. The van der Waals surface area contributed by atoms with Crippen LogP contribution < -0.4 is 0 Å². The van der Waals surface area contributed by atoms with Crippen LogP contribution in [0.3, 0.4) is 0 Å². The Kier molecular flexibility index (Phi) is 5.78. The first-order valence-corrected chi connectivity index (χ1v) is 7.43. The van der Waals surface area contributed by atoms with E-state index in [0.717, 1.165) is 0 Å². The zero-order valence-electron chi connectivity index (χ0n) is 13.9. The Hall–Kier alpha value is -1.53. The molecular weight excluding hydrogens is 334 g/mol. The molecule has 0 bridgehead atoms. The van der Waals surface area contributed by atoms with Gasteiger partial charge in [0.1, 0.15) is 0 Å². The van der Waals surface area contributed by atoms with Crippen LogP contribution in [0.2, 0.25) is 0 Å². The van der Waals surface area contributed by atoms with Gasteiger partial charge in [0.15, 0.2) is 5.78 Å². The van der Waals surface area contributed by atoms with Crippen LogP contribution in [0.4, 0.5) is 26.3 Å². The summed E-state index contributed by atoms with van der Waals surface area (Å²) in [4.78, 5) is 12.2. The van der Waals surface area contributed by atoms with Crippen LogP contribution in [-0.2, 0) is 12.4 Å². The normalized spacial score (nSPS) is 14.6. The van der Waals surface area contributed by atoms with Gasteiger partial charge in [0.25, 0.3) is 0 Å². The summed E-state index contributed by atoms with van der Waals surface area (Å²) in [5.74, 6) is -1.17. The molecule has 136 valence electrons. The fourth-order valence-corrected chi connectivity index (χ4v) is 2.74. The van der Waals surface area contributed by atoms with E-state index in [1.165, 1.54) is 0 Å². The van der Waals surface area contributed by atoms with E-state index in [1.54, 1.807) is 6.92 Å². The molecule has 1 aromatic rings. The highest BCUT2D eigenvalue weighted by Crippen LogP contribution is 2.37. The van der Waals surface area contributed by atoms with Crippen molar-refractivity contribution < 1.29 is 31.1 Å². The number of hydrogen-bond donors (Lipinski definition) is 0. The minimum Gasteiger partial charge on any atom is -0.294 e. The molecule has 0 aliphatic heterocycles. The van der Waals surface area contributed by atoms with Gasteiger partial charge in [-0.1, -0.05) is 27.7 Å². The van der Waals surface area contributed by atoms with Gasteiger partial charge in [0.2, 0.25) is 0 Å². The summed E-state index contributed by atoms with van der Waals surface area (Å²) >= 11 is 0. The lowest BCUT2D eigenvalue weighted by Gasteiger charge is -2.23. The third-order valence-electron chi connectivity index (χ3n) is 3.45. The van der Waals surface area contributed by atoms with Gasteiger partial charge in [-0.25, -0.2) is 0 Å². The number of hydrogen-bond acceptors (Lipinski definition) is 1. The maximum absolute atomic E-state index is 13.0. The lowest BCUT2D eigenvalue weighted by Crippen LogP contribution is -2.19. The monoisotopic (exact) mass is 354 g/mol. The number of rotatable bonds is 4. The van der Waals surface area contributed by atoms with Gasteiger partial charge in [-0.2, -0.15) is 26.3 Å². The molecule has 1 atom stereocenters. The molecule has 0 saturated heterocycles. The highest BCUT2D eigenvalue weighted by molar-refractivity contribution is 5.98. The Labute approximate surface area is 137 Å². The molecule has 0 radical (unpaired) electrons. The fraction of sp³-hybridized carbons (Fsp3) is 0.588. The van der Waals surface area contributed by atoms with Crippen molar-refractivity contribution in [3.05, 3.63) is 34.9 Å². The zero-order valence-corrected chi connectivity index (χ0v) is 13.9. The molecule has 1 rings (SSSR count). The van der Waals surface area contributed by atoms with Crippen LogP contribution in [0.5, 0.6) is 0 Å². The molecule has 0 heterocycles. The lowest BCUT2D eigenvalue weighted by molar-refractivity contribution is -0.141. The quantitative estimate of drug-likeness (QED) is 0.454. The summed E-state index contributed by atoms with van der Waals surface area (Å²) in [5, 5.41) is 0. The molecule has 1 nitrogen and oxygen atoms in total. The predicted octanol–water partition coefficient (Wildman–Crippen LogP) is 6.37. The maximum Gasteiger partial charge on any atom is 0.417 e. The van der Waals surface area contributed by atoms with Gasteiger partial charge >= 0.3 is 12.4 Å². The van der Waals surface area contributed by atoms with Crippen molar-refractivity contribution in [2.24, 2.45) is 11.3 Å². The molecule has 0 fully saturated rings. The van der Waals surface area contributed by atoms with Gasteiger partial charge in [-0.15, -0.1) is 0 Å². The molecule has 1 unspecified atom stereocenters. The van der Waals surface area contributed by atoms with Gasteiger partial charge in [0, 0.05) is 12.0 Å². The minimum atomic E-state index is -4.89. The number of alkyl halides is 6. The van der Waals surface area contributed by atoms with E-state index in [4.69, 9.17) is 0 Å². The second-order valence-corrected chi connectivity index (χ2v) is 7.25. The van der Waals surface area contributed by atoms with E-state index in [9.17, 15) is 31.1 Å². The molecule has 0 aliphatic carbocycles. The smallest absolute Gasteiger partial charge is 0.294 e. The number of ketones is 1. The van der Waals surface area contributed by atoms with E-state index >= 15 is 0 Å². The van der Waals surface area contributed by atoms with Crippen LogP contribution in [0.1, 0.15) is 62.0 Å². The molecule has 24 heavy (non-hydrogen) atoms. The summed E-state index contributed by atoms with van der Waals surface area (Å²) in [6.45, 7) is 7.45. The van der Waals surface area contributed by atoms with E-state index in [-0.39, 0.29) is 17.8 Å². The van der Waals surface area contributed by atoms with Crippen LogP contribution >= 0.6 is 0 Å². The Balaban J connectivity index is 3.21. The van der Waals surface area contributed by atoms with Gasteiger partial charge in [0.05, 0.1) is 11.1 Å². The summed E-state index contributed by atoms with van der Waals surface area (Å²) in [7, 11) is 0. The molecule has 0 amide bonds. The SMILES string of the molecule is CC(CC(=O)c1cc(C(F)(F)F)ccc1C(F)(F)F)CC(C)(C)C. The Morgan fingerprint density at radius 2 is 1.54 bits per heavy atom. The molecule has 0 spiro atoms. The Bertz CT molecular complexity index is 593. The maximum atomic E-state index is 13.0. The minimum absolute atomic E-state index is 0.139. The Morgan fingerprint density at radius 3 is 1.96 bits per heavy atom. The van der Waals surface area contributed by atoms with Crippen LogP contribution in [0.25, 0.3) is 0 Å². The summed E-state index contributed by atoms with van der Waals surface area (Å²) in [6, 6.07) is 0.970. The fourth-order valence-electron chi connectivity index (χ4n) is 2.74. The number of halogens is 6. The standard InChI is InChI=1S/C17H20F6O/c1-10(9-15(2,3)4)7-14(24)12-8-11(16(18,19)20)5-6-13(12)17(21,22)23/h5-6,8,10H,7,9H2,1-4H3. The summed E-state index contributed by atoms with van der Waals surface area (Å²) < 4.78 is 77.3. The van der Waals surface area contributed by atoms with Crippen LogP contribution in [-0.4, -0.2) is 5.78 Å². The van der Waals surface area contributed by atoms with Crippen molar-refractivity contribution >= 4 is 5.78 Å². The first kappa shape index (κ1) is 20.5. The molecule has 0 aromatic heterocycles. The molecule has 0 saturated carbocycles. The predicted molar refractivity (Wildman–Crippen MR) is 78.6 cm³/mol. The van der Waals surface area contributed by atoms with E-state index in [2.05, 4.69) is 0 Å². The van der Waals surface area contributed by atoms with Crippen molar-refractivity contribution in [1.82, 2.24) is 0 Å². The third kappa shape index (κ3) is 5.83. The van der Waals surface area contributed by atoms with Crippen molar-refractivity contribution in [3.8, 4) is 0 Å². The van der Waals surface area contributed by atoms with Gasteiger partial charge in [-0.05, 0) is 36.0 Å². The van der Waals surface area contributed by atoms with Crippen molar-refractivity contribution in [2.75, 3.05) is 0 Å². The zero-order chi connectivity index (χ0) is 18.9. The first-order chi connectivity index (χ1) is 10.6. The van der Waals surface area contributed by atoms with Crippen LogP contribution in [0.15, 0.2) is 18.2 Å². The Morgan fingerprint density at radius 1 is 1.00 bits per heavy atom. The van der Waals surface area contributed by atoms with Crippen LogP contribution in [0, 0.1) is 11.3 Å². The number of carbonyl (C=O) groups excluding carboxylic acids is 1. The topological polar surface area (TPSA) is 17.1 Å². The highest BCUT2D eigenvalue weighted by atomic mass is 19.4. The largest absolute Gasteiger partial charge is 0.417 e. The van der Waals surface area contributed by atoms with Gasteiger partial charge < -0.3 is 0 Å². The molecule has 7 heteroatoms. The first-order valence-electron chi connectivity index (χ1n) is 7.43. The van der Waals surface area contributed by atoms with Crippen molar-refractivity contribution in [2.45, 2.75) is 52.9 Å². The average molecular weight is 354 g/mol. The van der Waals surface area contributed by atoms with E-state index in [0.29, 0.717) is 24.6 Å². The number of benzene rings is 1. The van der Waals surface area contributed by atoms with E-state index < -0.39 is 34.8 Å².